The molecule has 6 rings (SSSR count). The van der Waals surface area contributed by atoms with E-state index >= 15 is 0 Å². The molecule has 59 heavy (non-hydrogen) atoms. The highest BCUT2D eigenvalue weighted by atomic mass is 19.3. The van der Waals surface area contributed by atoms with Gasteiger partial charge in [-0.3, -0.25) is 24.3 Å². The van der Waals surface area contributed by atoms with Crippen LogP contribution in [0.4, 0.5) is 23.2 Å². The first-order valence-corrected chi connectivity index (χ1v) is 19.7. The van der Waals surface area contributed by atoms with E-state index in [4.69, 9.17) is 5.73 Å². The Bertz CT molecular complexity index is 2110. The van der Waals surface area contributed by atoms with E-state index in [-0.39, 0.29) is 41.6 Å². The fourth-order valence-electron chi connectivity index (χ4n) is 7.49. The Kier molecular flexibility index (Phi) is 13.5. The van der Waals surface area contributed by atoms with Crippen LogP contribution in [0.1, 0.15) is 65.8 Å². The summed E-state index contributed by atoms with van der Waals surface area (Å²) in [5.74, 6) is -14.8. The molecule has 0 radical (unpaired) electrons. The normalized spacial score (nSPS) is 18.1. The van der Waals surface area contributed by atoms with E-state index in [1.54, 1.807) is 5.10 Å². The summed E-state index contributed by atoms with van der Waals surface area (Å²) in [7, 11) is 0.808. The third kappa shape index (κ3) is 9.96. The van der Waals surface area contributed by atoms with Gasteiger partial charge in [-0.2, -0.15) is 22.7 Å². The topological polar surface area (TPSA) is 196 Å². The van der Waals surface area contributed by atoms with E-state index in [1.807, 2.05) is 49.4 Å². The number of nitrogens with one attached hydrogen (secondary N) is 6. The first-order chi connectivity index (χ1) is 28.2. The Hall–Kier alpha value is -5.68. The highest BCUT2D eigenvalue weighted by molar-refractivity contribution is 5.98. The molecule has 0 unspecified atom stereocenters. The SMILES string of the molecule is CNC(=O)C(F)(F)C(F)(F)c1nc(-c2ccc(NC(=O)[C@H](Cc3ccc(-c4ccc(C(=O)NC5CCNCC5)cc4C)cc3)NC(=O)C3CCC(CN)CC3)cc2)n[nH]1. The molecule has 4 aromatic rings. The van der Waals surface area contributed by atoms with Crippen molar-refractivity contribution in [3.8, 4) is 22.5 Å². The summed E-state index contributed by atoms with van der Waals surface area (Å²) in [5.41, 5.74) is 10.5. The molecule has 1 aromatic heterocycles. The number of H-pyrrole nitrogens is 1. The highest BCUT2D eigenvalue weighted by Gasteiger charge is 2.65. The molecule has 17 heteroatoms. The predicted octanol–water partition coefficient (Wildman–Crippen LogP) is 4.83. The van der Waals surface area contributed by atoms with Crippen molar-refractivity contribution < 1.29 is 36.7 Å². The molecule has 1 aliphatic heterocycles. The number of aryl methyl sites for hydroxylation is 1. The van der Waals surface area contributed by atoms with E-state index in [0.717, 1.165) is 68.1 Å². The lowest BCUT2D eigenvalue weighted by molar-refractivity contribution is -0.218. The number of hydrogen-bond acceptors (Lipinski definition) is 8. The van der Waals surface area contributed by atoms with Crippen molar-refractivity contribution in [2.45, 2.75) is 75.8 Å². The predicted molar refractivity (Wildman–Crippen MR) is 213 cm³/mol. The molecule has 2 heterocycles. The van der Waals surface area contributed by atoms with Gasteiger partial charge in [0.05, 0.1) is 0 Å². The van der Waals surface area contributed by atoms with Crippen LogP contribution in [0.25, 0.3) is 22.5 Å². The molecule has 0 spiro atoms. The molecule has 2 fully saturated rings. The van der Waals surface area contributed by atoms with Crippen LogP contribution in [0.3, 0.4) is 0 Å². The molecule has 2 aliphatic rings. The zero-order chi connectivity index (χ0) is 42.3. The van der Waals surface area contributed by atoms with E-state index in [1.165, 1.54) is 29.6 Å². The third-order valence-electron chi connectivity index (χ3n) is 11.2. The Morgan fingerprint density at radius 2 is 1.54 bits per heavy atom. The smallest absolute Gasteiger partial charge is 0.354 e. The molecule has 8 N–H and O–H groups in total. The number of halogens is 4. The van der Waals surface area contributed by atoms with Crippen LogP contribution in [0.5, 0.6) is 0 Å². The molecule has 4 amide bonds. The quantitative estimate of drug-likeness (QED) is 0.0879. The molecule has 0 bridgehead atoms. The van der Waals surface area contributed by atoms with Gasteiger partial charge in [-0.25, -0.2) is 4.98 Å². The summed E-state index contributed by atoms with van der Waals surface area (Å²) >= 11 is 0. The number of benzene rings is 3. The Morgan fingerprint density at radius 3 is 2.17 bits per heavy atom. The van der Waals surface area contributed by atoms with Gasteiger partial charge in [-0.15, -0.1) is 0 Å². The van der Waals surface area contributed by atoms with Crippen molar-refractivity contribution in [1.82, 2.24) is 36.4 Å². The number of piperidine rings is 1. The van der Waals surface area contributed by atoms with Crippen molar-refractivity contribution in [2.75, 3.05) is 32.0 Å². The number of aromatic nitrogens is 3. The second-order valence-corrected chi connectivity index (χ2v) is 15.2. The monoisotopic (exact) mass is 819 g/mol. The second-order valence-electron chi connectivity index (χ2n) is 15.2. The third-order valence-corrected chi connectivity index (χ3v) is 11.2. The minimum atomic E-state index is -5.09. The van der Waals surface area contributed by atoms with Gasteiger partial charge in [-0.1, -0.05) is 30.3 Å². The Morgan fingerprint density at radius 1 is 0.881 bits per heavy atom. The van der Waals surface area contributed by atoms with E-state index < -0.39 is 35.5 Å². The average Bonchev–Trinajstić information content (AvgIpc) is 3.75. The summed E-state index contributed by atoms with van der Waals surface area (Å²) in [6, 6.07) is 18.1. The van der Waals surface area contributed by atoms with Crippen LogP contribution >= 0.6 is 0 Å². The minimum Gasteiger partial charge on any atom is -0.354 e. The first-order valence-electron chi connectivity index (χ1n) is 19.7. The van der Waals surface area contributed by atoms with Gasteiger partial charge < -0.3 is 32.3 Å². The lowest BCUT2D eigenvalue weighted by Gasteiger charge is -2.28. The maximum Gasteiger partial charge on any atom is 0.393 e. The van der Waals surface area contributed by atoms with Crippen LogP contribution in [0.2, 0.25) is 0 Å². The number of nitrogens with zero attached hydrogens (tertiary/aromatic N) is 2. The van der Waals surface area contributed by atoms with Crippen molar-refractivity contribution in [2.24, 2.45) is 17.6 Å². The number of nitrogens with two attached hydrogens (primary N) is 1. The summed E-state index contributed by atoms with van der Waals surface area (Å²) in [6.07, 6.45) is 4.91. The van der Waals surface area contributed by atoms with Crippen LogP contribution in [0.15, 0.2) is 66.7 Å². The summed E-state index contributed by atoms with van der Waals surface area (Å²) in [6.45, 7) is 4.26. The second kappa shape index (κ2) is 18.5. The summed E-state index contributed by atoms with van der Waals surface area (Å²) in [4.78, 5) is 55.2. The van der Waals surface area contributed by atoms with Crippen LogP contribution in [-0.2, 0) is 26.7 Å². The zero-order valence-corrected chi connectivity index (χ0v) is 32.8. The van der Waals surface area contributed by atoms with Crippen molar-refractivity contribution >= 4 is 29.3 Å². The minimum absolute atomic E-state index is 0.0992. The van der Waals surface area contributed by atoms with Gasteiger partial charge >= 0.3 is 11.8 Å². The standard InChI is InChI=1S/C42H49F4N9O4/c1-24-21-30(37(57)50-32-17-19-49-20-18-32)13-16-33(24)27-7-3-25(4-8-27)22-34(52-36(56)29-9-5-26(23-47)6-10-29)38(58)51-31-14-11-28(12-15-31)35-53-39(55-54-35)41(43,44)42(45,46)40(59)48-2/h3-4,7-8,11-16,21,26,29,32,34,49H,5-6,9-10,17-20,22-23,47H2,1-2H3,(H,48,59)(H,50,57)(H,51,58)(H,52,56)(H,53,54,55)/t26?,29?,34-/m0/s1. The zero-order valence-electron chi connectivity index (χ0n) is 32.8. The van der Waals surface area contributed by atoms with E-state index in [9.17, 15) is 36.7 Å². The van der Waals surface area contributed by atoms with Gasteiger partial charge in [0.1, 0.15) is 6.04 Å². The summed E-state index contributed by atoms with van der Waals surface area (Å²) < 4.78 is 57.4. The molecule has 1 saturated carbocycles. The molecule has 1 atom stereocenters. The number of carbonyl (C=O) groups excluding carboxylic acids is 4. The number of anilines is 1. The molecule has 3 aromatic carbocycles. The molecule has 13 nitrogen and oxygen atoms in total. The number of amides is 4. The van der Waals surface area contributed by atoms with Crippen LogP contribution < -0.4 is 32.3 Å². The van der Waals surface area contributed by atoms with Gasteiger partial charge in [0, 0.05) is 42.2 Å². The molecule has 314 valence electrons. The number of aromatic amines is 1. The van der Waals surface area contributed by atoms with Gasteiger partial charge in [-0.05, 0) is 130 Å². The van der Waals surface area contributed by atoms with Crippen molar-refractivity contribution in [3.05, 3.63) is 89.2 Å². The largest absolute Gasteiger partial charge is 0.393 e. The molecular formula is C42H49F4N9O4. The summed E-state index contributed by atoms with van der Waals surface area (Å²) in [5, 5.41) is 19.1. The Labute approximate surface area is 339 Å². The number of rotatable bonds is 14. The fraction of sp³-hybridized carbons (Fsp3) is 0.429. The number of hydrogen-bond donors (Lipinski definition) is 7. The lowest BCUT2D eigenvalue weighted by atomic mass is 9.81. The molecule has 1 saturated heterocycles. The van der Waals surface area contributed by atoms with Gasteiger partial charge in [0.2, 0.25) is 17.6 Å². The fourth-order valence-corrected chi connectivity index (χ4v) is 7.49. The van der Waals surface area contributed by atoms with E-state index in [2.05, 4.69) is 31.3 Å². The van der Waals surface area contributed by atoms with Gasteiger partial charge in [0.25, 0.3) is 11.8 Å². The van der Waals surface area contributed by atoms with Crippen molar-refractivity contribution in [1.29, 1.82) is 0 Å². The maximum absolute atomic E-state index is 14.6. The Balaban J connectivity index is 1.15. The van der Waals surface area contributed by atoms with Crippen LogP contribution in [-0.4, -0.2) is 83.5 Å². The maximum atomic E-state index is 14.6. The average molecular weight is 820 g/mol. The van der Waals surface area contributed by atoms with E-state index in [0.29, 0.717) is 36.6 Å². The highest BCUT2D eigenvalue weighted by Crippen LogP contribution is 2.42. The number of alkyl halides is 4. The first kappa shape index (κ1) is 42.9. The number of carbonyl (C=O) groups is 4. The molecule has 1 aliphatic carbocycles. The van der Waals surface area contributed by atoms with Gasteiger partial charge in [0.15, 0.2) is 5.82 Å². The van der Waals surface area contributed by atoms with Crippen LogP contribution in [0, 0.1) is 18.8 Å². The molecular weight excluding hydrogens is 771 g/mol. The van der Waals surface area contributed by atoms with Crippen molar-refractivity contribution in [3.63, 3.8) is 0 Å². The lowest BCUT2D eigenvalue weighted by Crippen LogP contribution is -2.50.